The molecule has 0 aromatic carbocycles. The SMILES string of the molecule is CC(C)c1ncc(N)c(C(=O)NCCC(C)(C)C)n1. The molecule has 0 radical (unpaired) electrons. The molecule has 1 aromatic heterocycles. The number of hydrogen-bond donors (Lipinski definition) is 2. The number of anilines is 1. The second-order valence-electron chi connectivity index (χ2n) is 6.25. The summed E-state index contributed by atoms with van der Waals surface area (Å²) >= 11 is 0. The van der Waals surface area contributed by atoms with Gasteiger partial charge in [-0.05, 0) is 11.8 Å². The summed E-state index contributed by atoms with van der Waals surface area (Å²) in [5.41, 5.74) is 6.54. The maximum atomic E-state index is 12.0. The van der Waals surface area contributed by atoms with E-state index in [2.05, 4.69) is 36.1 Å². The summed E-state index contributed by atoms with van der Waals surface area (Å²) in [6.07, 6.45) is 2.40. The molecule has 0 saturated carbocycles. The van der Waals surface area contributed by atoms with Gasteiger partial charge in [-0.25, -0.2) is 9.97 Å². The first kappa shape index (κ1) is 15.4. The normalized spacial score (nSPS) is 11.7. The third-order valence-electron chi connectivity index (χ3n) is 2.73. The Balaban J connectivity index is 2.74. The van der Waals surface area contributed by atoms with Crippen molar-refractivity contribution < 1.29 is 4.79 Å². The van der Waals surface area contributed by atoms with Gasteiger partial charge >= 0.3 is 0 Å². The van der Waals surface area contributed by atoms with E-state index in [0.29, 0.717) is 18.1 Å². The Morgan fingerprint density at radius 1 is 1.42 bits per heavy atom. The number of nitrogen functional groups attached to an aromatic ring is 1. The number of carbonyl (C=O) groups is 1. The minimum atomic E-state index is -0.231. The van der Waals surface area contributed by atoms with Crippen LogP contribution in [-0.2, 0) is 0 Å². The minimum Gasteiger partial charge on any atom is -0.396 e. The Morgan fingerprint density at radius 3 is 2.58 bits per heavy atom. The molecule has 0 aliphatic carbocycles. The highest BCUT2D eigenvalue weighted by Crippen LogP contribution is 2.17. The first-order valence-electron chi connectivity index (χ1n) is 6.61. The van der Waals surface area contributed by atoms with E-state index in [1.165, 1.54) is 6.20 Å². The van der Waals surface area contributed by atoms with Gasteiger partial charge in [0.15, 0.2) is 5.69 Å². The molecular weight excluding hydrogens is 240 g/mol. The van der Waals surface area contributed by atoms with Gasteiger partial charge in [0.05, 0.1) is 11.9 Å². The van der Waals surface area contributed by atoms with Crippen LogP contribution in [0.2, 0.25) is 0 Å². The second kappa shape index (κ2) is 5.99. The number of nitrogens with two attached hydrogens (primary N) is 1. The summed E-state index contributed by atoms with van der Waals surface area (Å²) in [4.78, 5) is 20.4. The van der Waals surface area contributed by atoms with Crippen molar-refractivity contribution in [3.05, 3.63) is 17.7 Å². The van der Waals surface area contributed by atoms with Gasteiger partial charge in [0.1, 0.15) is 5.82 Å². The first-order valence-corrected chi connectivity index (χ1v) is 6.61. The van der Waals surface area contributed by atoms with Crippen LogP contribution in [0.15, 0.2) is 6.20 Å². The molecule has 1 amide bonds. The average Bonchev–Trinajstić information content (AvgIpc) is 2.27. The highest BCUT2D eigenvalue weighted by Gasteiger charge is 2.16. The van der Waals surface area contributed by atoms with Crippen LogP contribution in [0.5, 0.6) is 0 Å². The van der Waals surface area contributed by atoms with Gasteiger partial charge in [-0.3, -0.25) is 4.79 Å². The number of nitrogens with one attached hydrogen (secondary N) is 1. The topological polar surface area (TPSA) is 80.9 Å². The summed E-state index contributed by atoms with van der Waals surface area (Å²) in [7, 11) is 0. The van der Waals surface area contributed by atoms with Crippen molar-refractivity contribution in [2.45, 2.75) is 47.0 Å². The van der Waals surface area contributed by atoms with Crippen LogP contribution in [0.1, 0.15) is 63.3 Å². The molecular formula is C14H24N4O. The summed E-state index contributed by atoms with van der Waals surface area (Å²) in [6, 6.07) is 0. The molecule has 3 N–H and O–H groups in total. The Kier molecular flexibility index (Phi) is 4.86. The lowest BCUT2D eigenvalue weighted by atomic mass is 9.92. The summed E-state index contributed by atoms with van der Waals surface area (Å²) < 4.78 is 0. The van der Waals surface area contributed by atoms with Crippen molar-refractivity contribution in [3.63, 3.8) is 0 Å². The fraction of sp³-hybridized carbons (Fsp3) is 0.643. The van der Waals surface area contributed by atoms with E-state index in [1.54, 1.807) is 0 Å². The molecule has 106 valence electrons. The molecule has 0 spiro atoms. The third kappa shape index (κ3) is 4.85. The smallest absolute Gasteiger partial charge is 0.272 e. The van der Waals surface area contributed by atoms with Crippen molar-refractivity contribution in [1.82, 2.24) is 15.3 Å². The fourth-order valence-corrected chi connectivity index (χ4v) is 1.50. The maximum absolute atomic E-state index is 12.0. The molecule has 0 aliphatic rings. The van der Waals surface area contributed by atoms with E-state index in [9.17, 15) is 4.79 Å². The second-order valence-corrected chi connectivity index (χ2v) is 6.25. The summed E-state index contributed by atoms with van der Waals surface area (Å²) in [5, 5.41) is 2.85. The van der Waals surface area contributed by atoms with Crippen LogP contribution in [0.3, 0.4) is 0 Å². The number of nitrogens with zero attached hydrogens (tertiary/aromatic N) is 2. The molecule has 0 atom stereocenters. The zero-order valence-electron chi connectivity index (χ0n) is 12.4. The monoisotopic (exact) mass is 264 g/mol. The number of rotatable bonds is 4. The standard InChI is InChI=1S/C14H24N4O/c1-9(2)12-17-8-10(15)11(18-12)13(19)16-7-6-14(3,4)5/h8-9H,6-7,15H2,1-5H3,(H,16,19). The van der Waals surface area contributed by atoms with Gasteiger partial charge < -0.3 is 11.1 Å². The third-order valence-corrected chi connectivity index (χ3v) is 2.73. The Morgan fingerprint density at radius 2 is 2.05 bits per heavy atom. The number of amides is 1. The highest BCUT2D eigenvalue weighted by atomic mass is 16.1. The zero-order chi connectivity index (χ0) is 14.6. The van der Waals surface area contributed by atoms with Crippen molar-refractivity contribution in [2.24, 2.45) is 5.41 Å². The van der Waals surface area contributed by atoms with Crippen LogP contribution in [-0.4, -0.2) is 22.4 Å². The Bertz CT molecular complexity index is 449. The van der Waals surface area contributed by atoms with Crippen LogP contribution < -0.4 is 11.1 Å². The molecule has 0 bridgehead atoms. The van der Waals surface area contributed by atoms with E-state index >= 15 is 0 Å². The zero-order valence-corrected chi connectivity index (χ0v) is 12.4. The van der Waals surface area contributed by atoms with Gasteiger partial charge in [-0.2, -0.15) is 0 Å². The van der Waals surface area contributed by atoms with Gasteiger partial charge in [-0.1, -0.05) is 34.6 Å². The average molecular weight is 264 g/mol. The van der Waals surface area contributed by atoms with Crippen LogP contribution in [0, 0.1) is 5.41 Å². The van der Waals surface area contributed by atoms with Gasteiger partial charge in [0.25, 0.3) is 5.91 Å². The van der Waals surface area contributed by atoms with Crippen LogP contribution in [0.4, 0.5) is 5.69 Å². The van der Waals surface area contributed by atoms with Gasteiger partial charge in [-0.15, -0.1) is 0 Å². The predicted molar refractivity (Wildman–Crippen MR) is 76.9 cm³/mol. The number of hydrogen-bond acceptors (Lipinski definition) is 4. The van der Waals surface area contributed by atoms with Gasteiger partial charge in [0.2, 0.25) is 0 Å². The molecule has 0 aliphatic heterocycles. The molecule has 0 fully saturated rings. The minimum absolute atomic E-state index is 0.168. The summed E-state index contributed by atoms with van der Waals surface area (Å²) in [6.45, 7) is 11.0. The molecule has 0 saturated heterocycles. The maximum Gasteiger partial charge on any atom is 0.272 e. The Hall–Kier alpha value is -1.65. The first-order chi connectivity index (χ1) is 8.70. The number of carbonyl (C=O) groups excluding carboxylic acids is 1. The molecule has 19 heavy (non-hydrogen) atoms. The Labute approximate surface area is 115 Å². The molecule has 1 aromatic rings. The van der Waals surface area contributed by atoms with Gasteiger partial charge in [0, 0.05) is 12.5 Å². The van der Waals surface area contributed by atoms with E-state index < -0.39 is 0 Å². The van der Waals surface area contributed by atoms with E-state index in [4.69, 9.17) is 5.73 Å². The van der Waals surface area contributed by atoms with E-state index in [1.807, 2.05) is 13.8 Å². The largest absolute Gasteiger partial charge is 0.396 e. The lowest BCUT2D eigenvalue weighted by molar-refractivity contribution is 0.0945. The quantitative estimate of drug-likeness (QED) is 0.874. The lowest BCUT2D eigenvalue weighted by Gasteiger charge is -2.18. The van der Waals surface area contributed by atoms with E-state index in [0.717, 1.165) is 6.42 Å². The van der Waals surface area contributed by atoms with E-state index in [-0.39, 0.29) is 22.9 Å². The molecule has 5 heteroatoms. The molecule has 1 heterocycles. The van der Waals surface area contributed by atoms with Crippen molar-refractivity contribution >= 4 is 11.6 Å². The molecule has 1 rings (SSSR count). The molecule has 0 unspecified atom stereocenters. The van der Waals surface area contributed by atoms with Crippen molar-refractivity contribution in [3.8, 4) is 0 Å². The number of aromatic nitrogens is 2. The highest BCUT2D eigenvalue weighted by molar-refractivity contribution is 5.96. The lowest BCUT2D eigenvalue weighted by Crippen LogP contribution is -2.29. The van der Waals surface area contributed by atoms with Crippen LogP contribution >= 0.6 is 0 Å². The van der Waals surface area contributed by atoms with Crippen LogP contribution in [0.25, 0.3) is 0 Å². The van der Waals surface area contributed by atoms with Crippen molar-refractivity contribution in [2.75, 3.05) is 12.3 Å². The van der Waals surface area contributed by atoms with Crippen molar-refractivity contribution in [1.29, 1.82) is 0 Å². The molecule has 5 nitrogen and oxygen atoms in total. The summed E-state index contributed by atoms with van der Waals surface area (Å²) in [5.74, 6) is 0.572. The fourth-order valence-electron chi connectivity index (χ4n) is 1.50. The predicted octanol–water partition coefficient (Wildman–Crippen LogP) is 2.35.